The lowest BCUT2D eigenvalue weighted by molar-refractivity contribution is -0.161. The van der Waals surface area contributed by atoms with Gasteiger partial charge in [0, 0.05) is 25.7 Å². The van der Waals surface area contributed by atoms with Gasteiger partial charge in [-0.25, -0.2) is 9.13 Å². The van der Waals surface area contributed by atoms with E-state index in [0.717, 1.165) is 102 Å². The molecule has 552 valence electrons. The number of rotatable bonds is 73. The van der Waals surface area contributed by atoms with Crippen molar-refractivity contribution in [2.24, 2.45) is 11.8 Å². The van der Waals surface area contributed by atoms with Gasteiger partial charge in [-0.3, -0.25) is 37.3 Å². The van der Waals surface area contributed by atoms with Crippen LogP contribution in [0.15, 0.2) is 0 Å². The van der Waals surface area contributed by atoms with Crippen molar-refractivity contribution in [3.05, 3.63) is 0 Å². The molecule has 6 atom stereocenters. The van der Waals surface area contributed by atoms with Crippen molar-refractivity contribution >= 4 is 39.5 Å². The second-order valence-electron chi connectivity index (χ2n) is 27.4. The molecule has 0 amide bonds. The highest BCUT2D eigenvalue weighted by atomic mass is 31.2. The predicted octanol–water partition coefficient (Wildman–Crippen LogP) is 21.6. The fraction of sp³-hybridized carbons (Fsp3) is 0.946. The fourth-order valence-corrected chi connectivity index (χ4v) is 12.8. The molecule has 0 heterocycles. The summed E-state index contributed by atoms with van der Waals surface area (Å²) in [6.07, 6.45) is 52.5. The van der Waals surface area contributed by atoms with Crippen molar-refractivity contribution in [2.75, 3.05) is 39.6 Å². The molecule has 0 aliphatic heterocycles. The summed E-state index contributed by atoms with van der Waals surface area (Å²) >= 11 is 0. The maximum atomic E-state index is 13.1. The number of hydrogen-bond acceptors (Lipinski definition) is 15. The maximum absolute atomic E-state index is 13.1. The van der Waals surface area contributed by atoms with Gasteiger partial charge in [-0.1, -0.05) is 330 Å². The number of ether oxygens (including phenoxy) is 4. The second kappa shape index (κ2) is 66.0. The zero-order chi connectivity index (χ0) is 68.6. The number of phosphoric ester groups is 2. The minimum atomic E-state index is -4.96. The molecular formula is C74H144O17P2. The van der Waals surface area contributed by atoms with Gasteiger partial charge in [0.15, 0.2) is 12.2 Å². The molecule has 0 radical (unpaired) electrons. The molecule has 0 bridgehead atoms. The van der Waals surface area contributed by atoms with Crippen LogP contribution in [0.25, 0.3) is 0 Å². The number of esters is 4. The molecule has 0 aliphatic carbocycles. The van der Waals surface area contributed by atoms with E-state index < -0.39 is 97.5 Å². The van der Waals surface area contributed by atoms with Crippen LogP contribution in [0.4, 0.5) is 0 Å². The summed E-state index contributed by atoms with van der Waals surface area (Å²) in [5, 5.41) is 10.6. The first-order valence-electron chi connectivity index (χ1n) is 38.5. The Balaban J connectivity index is 5.26. The summed E-state index contributed by atoms with van der Waals surface area (Å²) in [6.45, 7) is 9.59. The summed E-state index contributed by atoms with van der Waals surface area (Å²) in [4.78, 5) is 72.7. The third-order valence-electron chi connectivity index (χ3n) is 17.6. The Morgan fingerprint density at radius 3 is 0.817 bits per heavy atom. The summed E-state index contributed by atoms with van der Waals surface area (Å²) in [5.74, 6) is -0.571. The smallest absolute Gasteiger partial charge is 0.462 e. The van der Waals surface area contributed by atoms with E-state index in [-0.39, 0.29) is 25.7 Å². The Labute approximate surface area is 568 Å². The number of hydrogen-bond donors (Lipinski definition) is 3. The van der Waals surface area contributed by atoms with E-state index in [9.17, 15) is 43.2 Å². The Hall–Kier alpha value is -1.94. The number of aliphatic hydroxyl groups excluding tert-OH is 1. The lowest BCUT2D eigenvalue weighted by atomic mass is 9.99. The molecule has 17 nitrogen and oxygen atoms in total. The van der Waals surface area contributed by atoms with Crippen LogP contribution in [-0.2, 0) is 65.4 Å². The first-order chi connectivity index (χ1) is 44.9. The molecule has 0 spiro atoms. The number of carbonyl (C=O) groups is 4. The van der Waals surface area contributed by atoms with Gasteiger partial charge in [0.2, 0.25) is 0 Å². The van der Waals surface area contributed by atoms with Crippen molar-refractivity contribution < 1.29 is 80.2 Å². The second-order valence-corrected chi connectivity index (χ2v) is 30.3. The van der Waals surface area contributed by atoms with Gasteiger partial charge in [0.25, 0.3) is 0 Å². The van der Waals surface area contributed by atoms with Crippen LogP contribution in [0.1, 0.15) is 382 Å². The molecule has 0 aromatic rings. The SMILES string of the molecule is CCCCCCCCCCCCCCCCCCC(=O)O[C@H](COC(=O)CCCCCCCCCCCCC(C)CC)COP(=O)(O)OC[C@@H](O)COP(=O)(O)OC[C@@H](COC(=O)CCCCCCCCCCCCC)OC(=O)CCCCCCCCCCCC(C)C. The van der Waals surface area contributed by atoms with E-state index in [1.54, 1.807) is 0 Å². The summed E-state index contributed by atoms with van der Waals surface area (Å²) in [5.41, 5.74) is 0. The van der Waals surface area contributed by atoms with E-state index in [1.807, 2.05) is 0 Å². The average molecular weight is 1370 g/mol. The van der Waals surface area contributed by atoms with E-state index in [1.165, 1.54) is 199 Å². The minimum Gasteiger partial charge on any atom is -0.462 e. The number of phosphoric acid groups is 2. The van der Waals surface area contributed by atoms with E-state index >= 15 is 0 Å². The molecule has 93 heavy (non-hydrogen) atoms. The van der Waals surface area contributed by atoms with Crippen LogP contribution in [0.3, 0.4) is 0 Å². The van der Waals surface area contributed by atoms with E-state index in [2.05, 4.69) is 41.5 Å². The molecule has 0 aliphatic rings. The lowest BCUT2D eigenvalue weighted by Gasteiger charge is -2.21. The molecular weight excluding hydrogens is 1220 g/mol. The molecule has 19 heteroatoms. The van der Waals surface area contributed by atoms with Crippen molar-refractivity contribution in [1.82, 2.24) is 0 Å². The number of aliphatic hydroxyl groups is 1. The quantitative estimate of drug-likeness (QED) is 0.0222. The van der Waals surface area contributed by atoms with Crippen molar-refractivity contribution in [2.45, 2.75) is 400 Å². The highest BCUT2D eigenvalue weighted by Gasteiger charge is 2.30. The average Bonchev–Trinajstić information content (AvgIpc) is 1.89. The predicted molar refractivity (Wildman–Crippen MR) is 377 cm³/mol. The van der Waals surface area contributed by atoms with E-state index in [0.29, 0.717) is 25.7 Å². The van der Waals surface area contributed by atoms with Gasteiger partial charge in [-0.2, -0.15) is 0 Å². The third-order valence-corrected chi connectivity index (χ3v) is 19.5. The van der Waals surface area contributed by atoms with Crippen LogP contribution in [0.5, 0.6) is 0 Å². The first-order valence-corrected chi connectivity index (χ1v) is 41.5. The monoisotopic (exact) mass is 1370 g/mol. The summed E-state index contributed by atoms with van der Waals surface area (Å²) < 4.78 is 68.5. The van der Waals surface area contributed by atoms with Crippen molar-refractivity contribution in [3.8, 4) is 0 Å². The Bertz CT molecular complexity index is 1810. The van der Waals surface area contributed by atoms with Gasteiger partial charge < -0.3 is 33.8 Å². The maximum Gasteiger partial charge on any atom is 0.472 e. The minimum absolute atomic E-state index is 0.106. The van der Waals surface area contributed by atoms with Gasteiger partial charge in [0.1, 0.15) is 19.3 Å². The van der Waals surface area contributed by atoms with Crippen molar-refractivity contribution in [1.29, 1.82) is 0 Å². The molecule has 0 saturated heterocycles. The van der Waals surface area contributed by atoms with Crippen LogP contribution in [0, 0.1) is 11.8 Å². The molecule has 0 aromatic carbocycles. The Kier molecular flexibility index (Phi) is 64.6. The lowest BCUT2D eigenvalue weighted by Crippen LogP contribution is -2.30. The van der Waals surface area contributed by atoms with Crippen LogP contribution < -0.4 is 0 Å². The molecule has 0 rings (SSSR count). The molecule has 0 aromatic heterocycles. The van der Waals surface area contributed by atoms with Gasteiger partial charge in [-0.15, -0.1) is 0 Å². The zero-order valence-electron chi connectivity index (χ0n) is 60.6. The molecule has 0 saturated carbocycles. The van der Waals surface area contributed by atoms with Crippen LogP contribution >= 0.6 is 15.6 Å². The highest BCUT2D eigenvalue weighted by molar-refractivity contribution is 7.47. The Morgan fingerprint density at radius 2 is 0.548 bits per heavy atom. The third kappa shape index (κ3) is 67.0. The standard InChI is InChI=1S/C74H144O17P2/c1-7-10-12-14-16-18-20-21-22-23-24-26-34-40-46-52-58-73(78)90-69(62-85-72(77)57-51-45-39-33-28-27-31-37-43-49-55-67(6)9-3)64-88-92(80,81)86-60-68(75)61-87-93(82,83)89-65-70(63-84-71(76)56-50-44-38-32-25-19-17-15-13-11-8-2)91-74(79)59-53-47-41-35-29-30-36-42-48-54-66(4)5/h66-70,75H,7-65H2,1-6H3,(H,80,81)(H,82,83)/t67?,68-,69-,70-/m1/s1. The normalized spacial score (nSPS) is 14.3. The van der Waals surface area contributed by atoms with Crippen molar-refractivity contribution in [3.63, 3.8) is 0 Å². The number of unbranched alkanes of at least 4 members (excludes halogenated alkanes) is 42. The van der Waals surface area contributed by atoms with Gasteiger partial charge in [0.05, 0.1) is 26.4 Å². The molecule has 3 unspecified atom stereocenters. The van der Waals surface area contributed by atoms with Gasteiger partial charge in [-0.05, 0) is 37.5 Å². The summed E-state index contributed by atoms with van der Waals surface area (Å²) in [7, 11) is -9.91. The van der Waals surface area contributed by atoms with Gasteiger partial charge >= 0.3 is 39.5 Å². The Morgan fingerprint density at radius 1 is 0.312 bits per heavy atom. The van der Waals surface area contributed by atoms with Crippen LogP contribution in [-0.4, -0.2) is 96.7 Å². The molecule has 3 N–H and O–H groups in total. The molecule has 0 fully saturated rings. The highest BCUT2D eigenvalue weighted by Crippen LogP contribution is 2.45. The van der Waals surface area contributed by atoms with Crippen LogP contribution in [0.2, 0.25) is 0 Å². The zero-order valence-corrected chi connectivity index (χ0v) is 62.3. The fourth-order valence-electron chi connectivity index (χ4n) is 11.3. The topological polar surface area (TPSA) is 237 Å². The first kappa shape index (κ1) is 91.1. The number of carbonyl (C=O) groups excluding carboxylic acids is 4. The largest absolute Gasteiger partial charge is 0.472 e. The van der Waals surface area contributed by atoms with E-state index in [4.69, 9.17) is 37.0 Å². The summed E-state index contributed by atoms with van der Waals surface area (Å²) in [6, 6.07) is 0.